The molecular formula is C27H27NO5. The fraction of sp³-hybridized carbons (Fsp3) is 0.259. The molecule has 3 aromatic carbocycles. The van der Waals surface area contributed by atoms with Gasteiger partial charge in [-0.1, -0.05) is 36.4 Å². The van der Waals surface area contributed by atoms with Crippen LogP contribution in [0.5, 0.6) is 11.5 Å². The molecule has 6 nitrogen and oxygen atoms in total. The van der Waals surface area contributed by atoms with Gasteiger partial charge in [0.15, 0.2) is 11.5 Å². The first-order valence-corrected chi connectivity index (χ1v) is 10.8. The number of ether oxygens (including phenoxy) is 3. The zero-order valence-corrected chi connectivity index (χ0v) is 19.3. The number of hydrogen-bond acceptors (Lipinski definition) is 5. The summed E-state index contributed by atoms with van der Waals surface area (Å²) in [4.78, 5) is 26.5. The summed E-state index contributed by atoms with van der Waals surface area (Å²) in [6.45, 7) is 4.48. The predicted octanol–water partition coefficient (Wildman–Crippen LogP) is 5.04. The van der Waals surface area contributed by atoms with Gasteiger partial charge in [-0.15, -0.1) is 0 Å². The van der Waals surface area contributed by atoms with Gasteiger partial charge in [0.25, 0.3) is 5.91 Å². The van der Waals surface area contributed by atoms with Crippen LogP contribution in [-0.4, -0.2) is 31.6 Å². The summed E-state index contributed by atoms with van der Waals surface area (Å²) >= 11 is 0. The molecule has 0 fully saturated rings. The lowest BCUT2D eigenvalue weighted by Gasteiger charge is -2.20. The van der Waals surface area contributed by atoms with Gasteiger partial charge in [-0.3, -0.25) is 4.79 Å². The van der Waals surface area contributed by atoms with E-state index in [-0.39, 0.29) is 11.5 Å². The van der Waals surface area contributed by atoms with Crippen LogP contribution >= 0.6 is 0 Å². The zero-order valence-electron chi connectivity index (χ0n) is 19.3. The van der Waals surface area contributed by atoms with Crippen LogP contribution in [0.4, 0.5) is 5.69 Å². The summed E-state index contributed by atoms with van der Waals surface area (Å²) < 4.78 is 16.9. The molecule has 1 aliphatic rings. The highest BCUT2D eigenvalue weighted by Crippen LogP contribution is 2.42. The van der Waals surface area contributed by atoms with Crippen LogP contribution in [-0.2, 0) is 17.8 Å². The van der Waals surface area contributed by atoms with Crippen molar-refractivity contribution in [3.05, 3.63) is 89.0 Å². The number of esters is 1. The van der Waals surface area contributed by atoms with Crippen LogP contribution in [0.25, 0.3) is 0 Å². The van der Waals surface area contributed by atoms with Gasteiger partial charge >= 0.3 is 5.97 Å². The average Bonchev–Trinajstić information content (AvgIpc) is 3.16. The molecule has 1 heterocycles. The van der Waals surface area contributed by atoms with Crippen molar-refractivity contribution in [2.24, 2.45) is 0 Å². The number of benzene rings is 3. The first kappa shape index (κ1) is 22.4. The Morgan fingerprint density at radius 3 is 2.45 bits per heavy atom. The summed E-state index contributed by atoms with van der Waals surface area (Å²) in [7, 11) is 2.96. The van der Waals surface area contributed by atoms with Crippen molar-refractivity contribution >= 4 is 17.6 Å². The first-order chi connectivity index (χ1) is 15.8. The van der Waals surface area contributed by atoms with Gasteiger partial charge in [-0.25, -0.2) is 4.79 Å². The molecule has 0 N–H and O–H groups in total. The number of carbonyl (C=O) groups excluding carboxylic acids is 2. The van der Waals surface area contributed by atoms with Gasteiger partial charge < -0.3 is 19.1 Å². The van der Waals surface area contributed by atoms with E-state index in [0.717, 1.165) is 29.0 Å². The molecule has 33 heavy (non-hydrogen) atoms. The van der Waals surface area contributed by atoms with Crippen LogP contribution in [0.1, 0.15) is 45.7 Å². The van der Waals surface area contributed by atoms with E-state index in [9.17, 15) is 9.59 Å². The Kier molecular flexibility index (Phi) is 6.09. The number of methoxy groups -OCH3 is 1. The van der Waals surface area contributed by atoms with E-state index in [1.807, 2.05) is 24.3 Å². The molecular weight excluding hydrogens is 418 g/mol. The Hall–Kier alpha value is -3.80. The molecule has 6 heteroatoms. The molecule has 0 saturated heterocycles. The predicted molar refractivity (Wildman–Crippen MR) is 126 cm³/mol. The van der Waals surface area contributed by atoms with E-state index < -0.39 is 5.97 Å². The maximum Gasteiger partial charge on any atom is 0.339 e. The molecule has 1 amide bonds. The number of amides is 1. The highest BCUT2D eigenvalue weighted by Gasteiger charge is 2.32. The Morgan fingerprint density at radius 1 is 1.00 bits per heavy atom. The SMILES string of the molecule is COC(=O)c1ccccc1N(C)C(=O)c1ccc(COc2cccc3c2OC(C)(C)C3)cc1. The van der Waals surface area contributed by atoms with E-state index in [1.54, 1.807) is 43.4 Å². The Labute approximate surface area is 193 Å². The molecule has 3 aromatic rings. The molecule has 170 valence electrons. The largest absolute Gasteiger partial charge is 0.485 e. The fourth-order valence-electron chi connectivity index (χ4n) is 3.96. The minimum Gasteiger partial charge on any atom is -0.485 e. The number of rotatable bonds is 6. The van der Waals surface area contributed by atoms with Gasteiger partial charge in [0.1, 0.15) is 12.2 Å². The summed E-state index contributed by atoms with van der Waals surface area (Å²) in [5.41, 5.74) is 3.17. The van der Waals surface area contributed by atoms with Gasteiger partial charge in [0, 0.05) is 24.6 Å². The van der Waals surface area contributed by atoms with Crippen molar-refractivity contribution in [3.63, 3.8) is 0 Å². The third-order valence-corrected chi connectivity index (χ3v) is 5.63. The lowest BCUT2D eigenvalue weighted by molar-refractivity contribution is 0.0601. The van der Waals surface area contributed by atoms with Crippen molar-refractivity contribution in [2.45, 2.75) is 32.5 Å². The maximum atomic E-state index is 13.0. The number of carbonyl (C=O) groups is 2. The van der Waals surface area contributed by atoms with E-state index in [1.165, 1.54) is 12.0 Å². The molecule has 1 aliphatic heterocycles. The van der Waals surface area contributed by atoms with Gasteiger partial charge in [0.05, 0.1) is 18.4 Å². The smallest absolute Gasteiger partial charge is 0.339 e. The number of hydrogen-bond donors (Lipinski definition) is 0. The molecule has 0 aromatic heterocycles. The molecule has 0 atom stereocenters. The zero-order chi connectivity index (χ0) is 23.6. The molecule has 4 rings (SSSR count). The highest BCUT2D eigenvalue weighted by atomic mass is 16.5. The number of para-hydroxylation sites is 2. The van der Waals surface area contributed by atoms with Crippen LogP contribution in [0.2, 0.25) is 0 Å². The second kappa shape index (κ2) is 8.98. The van der Waals surface area contributed by atoms with Crippen molar-refractivity contribution in [2.75, 3.05) is 19.1 Å². The van der Waals surface area contributed by atoms with Gasteiger partial charge in [-0.05, 0) is 49.7 Å². The topological polar surface area (TPSA) is 65.1 Å². The lowest BCUT2D eigenvalue weighted by atomic mass is 10.0. The van der Waals surface area contributed by atoms with E-state index >= 15 is 0 Å². The molecule has 0 unspecified atom stereocenters. The Balaban J connectivity index is 1.45. The maximum absolute atomic E-state index is 13.0. The summed E-state index contributed by atoms with van der Waals surface area (Å²) in [6, 6.07) is 20.0. The van der Waals surface area contributed by atoms with Gasteiger partial charge in [-0.2, -0.15) is 0 Å². The molecule has 0 radical (unpaired) electrons. The Bertz CT molecular complexity index is 1180. The summed E-state index contributed by atoms with van der Waals surface area (Å²) in [6.07, 6.45) is 0.850. The van der Waals surface area contributed by atoms with Crippen LogP contribution in [0, 0.1) is 0 Å². The standard InChI is InChI=1S/C27H27NO5/c1-27(2)16-20-8-7-11-23(24(20)33-27)32-17-18-12-14-19(15-13-18)25(29)28(3)22-10-6-5-9-21(22)26(30)31-4/h5-15H,16-17H2,1-4H3. The monoisotopic (exact) mass is 445 g/mol. The molecule has 0 aliphatic carbocycles. The van der Waals surface area contributed by atoms with Crippen molar-refractivity contribution < 1.29 is 23.8 Å². The minimum absolute atomic E-state index is 0.227. The number of fused-ring (bicyclic) bond motifs is 1. The summed E-state index contributed by atoms with van der Waals surface area (Å²) in [5, 5.41) is 0. The first-order valence-electron chi connectivity index (χ1n) is 10.8. The normalized spacial score (nSPS) is 13.6. The van der Waals surface area contributed by atoms with Crippen LogP contribution in [0.3, 0.4) is 0 Å². The molecule has 0 spiro atoms. The van der Waals surface area contributed by atoms with E-state index in [4.69, 9.17) is 14.2 Å². The van der Waals surface area contributed by atoms with Crippen LogP contribution < -0.4 is 14.4 Å². The van der Waals surface area contributed by atoms with E-state index in [2.05, 4.69) is 19.9 Å². The highest BCUT2D eigenvalue weighted by molar-refractivity contribution is 6.09. The average molecular weight is 446 g/mol. The summed E-state index contributed by atoms with van der Waals surface area (Å²) in [5.74, 6) is 0.811. The van der Waals surface area contributed by atoms with E-state index in [0.29, 0.717) is 23.4 Å². The Morgan fingerprint density at radius 2 is 1.73 bits per heavy atom. The third kappa shape index (κ3) is 4.70. The van der Waals surface area contributed by atoms with Crippen molar-refractivity contribution in [3.8, 4) is 11.5 Å². The third-order valence-electron chi connectivity index (χ3n) is 5.63. The molecule has 0 saturated carbocycles. The molecule has 0 bridgehead atoms. The van der Waals surface area contributed by atoms with Crippen molar-refractivity contribution in [1.29, 1.82) is 0 Å². The minimum atomic E-state index is -0.488. The fourth-order valence-corrected chi connectivity index (χ4v) is 3.96. The van der Waals surface area contributed by atoms with Crippen molar-refractivity contribution in [1.82, 2.24) is 0 Å². The second-order valence-electron chi connectivity index (χ2n) is 8.64. The quantitative estimate of drug-likeness (QED) is 0.497. The number of nitrogens with zero attached hydrogens (tertiary/aromatic N) is 1. The second-order valence-corrected chi connectivity index (χ2v) is 8.64. The number of anilines is 1. The van der Waals surface area contributed by atoms with Gasteiger partial charge in [0.2, 0.25) is 0 Å². The van der Waals surface area contributed by atoms with Crippen LogP contribution in [0.15, 0.2) is 66.7 Å². The lowest BCUT2D eigenvalue weighted by Crippen LogP contribution is -2.28.